The van der Waals surface area contributed by atoms with Crippen LogP contribution < -0.4 is 11.1 Å². The molecule has 0 fully saturated rings. The van der Waals surface area contributed by atoms with E-state index in [1.807, 2.05) is 26.0 Å². The highest BCUT2D eigenvalue weighted by Gasteiger charge is 2.33. The second kappa shape index (κ2) is 11.6. The standard InChI is InChI=1S/C42H27F6NO3/c1-21(2)27-15-6-9-22(3)37(27)49-39(50)31-19-29(23-10-7-12-25(17-23)41(43,44)45)34-28-14-4-5-16-33(28)52-38-30(20-32(40(49)51)35(31)36(34)38)24-11-8-13-26(18-24)42(46,47)48/h4-21H,1-3H3. The van der Waals surface area contributed by atoms with Gasteiger partial charge < -0.3 is 4.42 Å². The van der Waals surface area contributed by atoms with Crippen molar-refractivity contribution in [2.45, 2.75) is 39.0 Å². The van der Waals surface area contributed by atoms with Crippen molar-refractivity contribution in [2.75, 3.05) is 0 Å². The zero-order valence-corrected chi connectivity index (χ0v) is 27.8. The van der Waals surface area contributed by atoms with Crippen LogP contribution in [0.2, 0.25) is 0 Å². The fourth-order valence-electron chi connectivity index (χ4n) is 7.36. The van der Waals surface area contributed by atoms with Crippen molar-refractivity contribution in [2.24, 2.45) is 0 Å². The molecule has 2 aromatic heterocycles. The molecule has 0 N–H and O–H groups in total. The monoisotopic (exact) mass is 707 g/mol. The van der Waals surface area contributed by atoms with Gasteiger partial charge in [0.1, 0.15) is 11.2 Å². The minimum absolute atomic E-state index is 0.0403. The molecule has 8 rings (SSSR count). The number of benzene rings is 6. The highest BCUT2D eigenvalue weighted by atomic mass is 19.4. The molecular weight excluding hydrogens is 680 g/mol. The first-order chi connectivity index (χ1) is 24.6. The van der Waals surface area contributed by atoms with Gasteiger partial charge in [0.2, 0.25) is 0 Å². The Balaban J connectivity index is 1.66. The number of aryl methyl sites for hydroxylation is 1. The number of hydrogen-bond acceptors (Lipinski definition) is 3. The summed E-state index contributed by atoms with van der Waals surface area (Å²) >= 11 is 0. The van der Waals surface area contributed by atoms with E-state index in [9.17, 15) is 35.9 Å². The summed E-state index contributed by atoms with van der Waals surface area (Å²) in [4.78, 5) is 29.6. The van der Waals surface area contributed by atoms with Crippen LogP contribution in [0.5, 0.6) is 0 Å². The van der Waals surface area contributed by atoms with Crippen molar-refractivity contribution in [1.82, 2.24) is 4.57 Å². The first kappa shape index (κ1) is 33.3. The Labute approximate surface area is 291 Å². The zero-order valence-electron chi connectivity index (χ0n) is 27.8. The van der Waals surface area contributed by atoms with Crippen LogP contribution in [0, 0.1) is 6.92 Å². The first-order valence-corrected chi connectivity index (χ1v) is 16.4. The summed E-state index contributed by atoms with van der Waals surface area (Å²) in [6.45, 7) is 5.61. The normalized spacial score (nSPS) is 12.7. The minimum atomic E-state index is -4.68. The molecule has 6 aromatic carbocycles. The highest BCUT2D eigenvalue weighted by Crippen LogP contribution is 2.47. The Morgan fingerprint density at radius 1 is 0.596 bits per heavy atom. The van der Waals surface area contributed by atoms with Crippen molar-refractivity contribution in [3.63, 3.8) is 0 Å². The average Bonchev–Trinajstić information content (AvgIpc) is 3.11. The van der Waals surface area contributed by atoms with E-state index in [0.29, 0.717) is 33.2 Å². The average molecular weight is 708 g/mol. The van der Waals surface area contributed by atoms with E-state index in [4.69, 9.17) is 4.42 Å². The molecule has 10 heteroatoms. The summed E-state index contributed by atoms with van der Waals surface area (Å²) in [5.74, 6) is -0.112. The van der Waals surface area contributed by atoms with Gasteiger partial charge in [-0.1, -0.05) is 74.5 Å². The summed E-state index contributed by atoms with van der Waals surface area (Å²) < 4.78 is 91.9. The molecule has 0 aliphatic heterocycles. The maximum absolute atomic E-state index is 14.8. The van der Waals surface area contributed by atoms with Gasteiger partial charge in [0.25, 0.3) is 11.1 Å². The van der Waals surface area contributed by atoms with Gasteiger partial charge >= 0.3 is 12.4 Å². The van der Waals surface area contributed by atoms with E-state index < -0.39 is 34.6 Å². The number of pyridine rings is 1. The van der Waals surface area contributed by atoms with Crippen LogP contribution >= 0.6 is 0 Å². The molecular formula is C42H27F6NO3. The maximum atomic E-state index is 14.8. The van der Waals surface area contributed by atoms with E-state index >= 15 is 0 Å². The van der Waals surface area contributed by atoms with E-state index in [-0.39, 0.29) is 55.3 Å². The van der Waals surface area contributed by atoms with Crippen LogP contribution in [-0.2, 0) is 12.4 Å². The largest absolute Gasteiger partial charge is 0.455 e. The Morgan fingerprint density at radius 2 is 1.15 bits per heavy atom. The molecule has 8 aromatic rings. The topological polar surface area (TPSA) is 52.2 Å². The van der Waals surface area contributed by atoms with Crippen molar-refractivity contribution < 1.29 is 30.8 Å². The second-order valence-electron chi connectivity index (χ2n) is 13.3. The highest BCUT2D eigenvalue weighted by molar-refractivity contribution is 6.32. The Bertz CT molecular complexity index is 2830. The van der Waals surface area contributed by atoms with Gasteiger partial charge in [-0.2, -0.15) is 26.3 Å². The fraction of sp³-hybridized carbons (Fsp3) is 0.143. The Kier molecular flexibility index (Phi) is 7.39. The number of fused-ring (bicyclic) bond motifs is 2. The third-order valence-corrected chi connectivity index (χ3v) is 9.71. The molecule has 260 valence electrons. The first-order valence-electron chi connectivity index (χ1n) is 16.4. The molecule has 0 aliphatic carbocycles. The number of alkyl halides is 6. The number of hydrogen-bond donors (Lipinski definition) is 0. The minimum Gasteiger partial charge on any atom is -0.455 e. The fourth-order valence-corrected chi connectivity index (χ4v) is 7.36. The second-order valence-corrected chi connectivity index (χ2v) is 13.3. The maximum Gasteiger partial charge on any atom is 0.416 e. The molecule has 0 saturated carbocycles. The predicted octanol–water partition coefficient (Wildman–Crippen LogP) is 11.6. The van der Waals surface area contributed by atoms with Crippen LogP contribution in [0.15, 0.2) is 117 Å². The Morgan fingerprint density at radius 3 is 1.75 bits per heavy atom. The lowest BCUT2D eigenvalue weighted by Crippen LogP contribution is -2.33. The third kappa shape index (κ3) is 5.07. The zero-order chi connectivity index (χ0) is 36.9. The van der Waals surface area contributed by atoms with Gasteiger partial charge in [0.15, 0.2) is 0 Å². The lowest BCUT2D eigenvalue weighted by molar-refractivity contribution is -0.138. The van der Waals surface area contributed by atoms with Crippen LogP contribution in [0.4, 0.5) is 26.3 Å². The number of rotatable bonds is 4. The molecule has 0 atom stereocenters. The van der Waals surface area contributed by atoms with Crippen molar-refractivity contribution in [1.29, 1.82) is 0 Å². The summed E-state index contributed by atoms with van der Waals surface area (Å²) in [6.07, 6.45) is -9.36. The van der Waals surface area contributed by atoms with Crippen molar-refractivity contribution >= 4 is 43.5 Å². The number of halogens is 6. The summed E-state index contributed by atoms with van der Waals surface area (Å²) in [7, 11) is 0. The molecule has 0 amide bonds. The van der Waals surface area contributed by atoms with E-state index in [0.717, 1.165) is 28.8 Å². The van der Waals surface area contributed by atoms with Crippen LogP contribution in [0.3, 0.4) is 0 Å². The van der Waals surface area contributed by atoms with Gasteiger partial charge in [-0.05, 0) is 83.1 Å². The molecule has 52 heavy (non-hydrogen) atoms. The van der Waals surface area contributed by atoms with Crippen molar-refractivity contribution in [3.05, 3.63) is 146 Å². The summed E-state index contributed by atoms with van der Waals surface area (Å²) in [5, 5.41) is 1.39. The number of para-hydroxylation sites is 2. The quantitative estimate of drug-likeness (QED) is 0.104. The predicted molar refractivity (Wildman–Crippen MR) is 191 cm³/mol. The molecule has 4 nitrogen and oxygen atoms in total. The van der Waals surface area contributed by atoms with E-state index in [2.05, 4.69) is 0 Å². The smallest absolute Gasteiger partial charge is 0.416 e. The number of aromatic nitrogens is 1. The van der Waals surface area contributed by atoms with E-state index in [1.54, 1.807) is 37.3 Å². The Hall–Kier alpha value is -5.90. The molecule has 2 heterocycles. The summed E-state index contributed by atoms with van der Waals surface area (Å²) in [6, 6.07) is 24.5. The van der Waals surface area contributed by atoms with Crippen molar-refractivity contribution in [3.8, 4) is 27.9 Å². The lowest BCUT2D eigenvalue weighted by atomic mass is 9.87. The summed E-state index contributed by atoms with van der Waals surface area (Å²) in [5.41, 5.74) is -0.474. The lowest BCUT2D eigenvalue weighted by Gasteiger charge is -2.21. The molecule has 0 bridgehead atoms. The van der Waals surface area contributed by atoms with Gasteiger partial charge in [0.05, 0.1) is 16.8 Å². The van der Waals surface area contributed by atoms with Gasteiger partial charge in [0, 0.05) is 37.9 Å². The van der Waals surface area contributed by atoms with Crippen LogP contribution in [-0.4, -0.2) is 4.57 Å². The number of nitrogens with zero attached hydrogens (tertiary/aromatic N) is 1. The molecule has 0 unspecified atom stereocenters. The third-order valence-electron chi connectivity index (χ3n) is 9.71. The molecule has 0 aliphatic rings. The van der Waals surface area contributed by atoms with Gasteiger partial charge in [-0.3, -0.25) is 9.59 Å². The van der Waals surface area contributed by atoms with Crippen LogP contribution in [0.25, 0.3) is 71.4 Å². The molecule has 0 spiro atoms. The molecule has 0 radical (unpaired) electrons. The van der Waals surface area contributed by atoms with E-state index in [1.165, 1.54) is 36.4 Å². The molecule has 0 saturated heterocycles. The van der Waals surface area contributed by atoms with Gasteiger partial charge in [-0.15, -0.1) is 0 Å². The SMILES string of the molecule is Cc1cccc(C(C)C)c1-n1c(=O)c2cc(-c3cccc(C(F)(F)F)c3)c3oc4ccccc4c4c(-c5cccc(C(F)(F)F)c5)cc(c1=O)c2c34. The van der Waals surface area contributed by atoms with Gasteiger partial charge in [-0.25, -0.2) is 4.57 Å². The van der Waals surface area contributed by atoms with Crippen LogP contribution in [0.1, 0.15) is 42.0 Å².